The van der Waals surface area contributed by atoms with E-state index in [1.165, 1.54) is 0 Å². The van der Waals surface area contributed by atoms with Crippen molar-refractivity contribution in [1.29, 1.82) is 0 Å². The van der Waals surface area contributed by atoms with Gasteiger partial charge in [0.05, 0.1) is 35.6 Å². The van der Waals surface area contributed by atoms with Gasteiger partial charge in [-0.3, -0.25) is 4.79 Å². The Bertz CT molecular complexity index is 1190. The molecular weight excluding hydrogens is 454 g/mol. The zero-order chi connectivity index (χ0) is 24.4. The summed E-state index contributed by atoms with van der Waals surface area (Å²) in [7, 11) is 1.81. The van der Waals surface area contributed by atoms with E-state index >= 15 is 0 Å². The maximum Gasteiger partial charge on any atom is 0.306 e. The second kappa shape index (κ2) is 9.98. The van der Waals surface area contributed by atoms with Crippen molar-refractivity contribution in [1.82, 2.24) is 30.1 Å². The summed E-state index contributed by atoms with van der Waals surface area (Å²) in [5.74, 6) is 0.409. The lowest BCUT2D eigenvalue weighted by Crippen LogP contribution is -2.29. The van der Waals surface area contributed by atoms with Crippen LogP contribution in [-0.4, -0.2) is 53.9 Å². The van der Waals surface area contributed by atoms with Crippen LogP contribution in [0, 0.1) is 12.8 Å². The Kier molecular flexibility index (Phi) is 6.62. The van der Waals surface area contributed by atoms with Crippen LogP contribution in [0.5, 0.6) is 5.75 Å². The summed E-state index contributed by atoms with van der Waals surface area (Å²) in [6.45, 7) is 2.96. The summed E-state index contributed by atoms with van der Waals surface area (Å²) < 4.78 is 18.7. The molecule has 1 saturated heterocycles. The van der Waals surface area contributed by atoms with Crippen molar-refractivity contribution < 1.29 is 23.9 Å². The molecule has 3 aromatic rings. The molecule has 12 nitrogen and oxygen atoms in total. The molecule has 5 rings (SSSR count). The molecule has 2 aliphatic rings. The summed E-state index contributed by atoms with van der Waals surface area (Å²) in [6.07, 6.45) is 4.51. The number of pyridine rings is 1. The summed E-state index contributed by atoms with van der Waals surface area (Å²) in [5.41, 5.74) is 2.83. The van der Waals surface area contributed by atoms with Crippen molar-refractivity contribution in [3.8, 4) is 17.1 Å². The number of aromatic nitrogens is 6. The van der Waals surface area contributed by atoms with Crippen molar-refractivity contribution in [3.05, 3.63) is 29.4 Å². The molecule has 0 radical (unpaired) electrons. The van der Waals surface area contributed by atoms with Crippen molar-refractivity contribution in [2.75, 3.05) is 11.9 Å². The van der Waals surface area contributed by atoms with Crippen LogP contribution in [0.25, 0.3) is 11.4 Å². The molecule has 1 saturated carbocycles. The highest BCUT2D eigenvalue weighted by atomic mass is 16.5. The van der Waals surface area contributed by atoms with Gasteiger partial charge in [-0.1, -0.05) is 5.21 Å². The van der Waals surface area contributed by atoms with Gasteiger partial charge in [0.25, 0.3) is 11.8 Å². The van der Waals surface area contributed by atoms with Gasteiger partial charge in [0.2, 0.25) is 0 Å². The number of carboxylic acid groups (broad SMARTS) is 1. The molecule has 3 atom stereocenters. The van der Waals surface area contributed by atoms with Gasteiger partial charge in [-0.05, 0) is 62.7 Å². The first-order valence-electron chi connectivity index (χ1n) is 11.9. The third-order valence-corrected chi connectivity index (χ3v) is 6.55. The lowest BCUT2D eigenvalue weighted by Gasteiger charge is -2.27. The number of anilines is 1. The van der Waals surface area contributed by atoms with E-state index in [0.29, 0.717) is 60.7 Å². The average molecular weight is 484 g/mol. The number of ether oxygens (including phenoxy) is 2. The molecule has 0 aromatic carbocycles. The Labute approximate surface area is 202 Å². The second-order valence-electron chi connectivity index (χ2n) is 9.04. The Morgan fingerprint density at radius 2 is 2.14 bits per heavy atom. The molecule has 35 heavy (non-hydrogen) atoms. The number of aliphatic carboxylic acids is 1. The van der Waals surface area contributed by atoms with E-state index in [1.54, 1.807) is 4.68 Å². The minimum Gasteiger partial charge on any atom is -0.489 e. The Balaban J connectivity index is 1.26. The zero-order valence-corrected chi connectivity index (χ0v) is 19.8. The first-order chi connectivity index (χ1) is 17.0. The van der Waals surface area contributed by atoms with E-state index in [1.807, 2.05) is 26.1 Å². The highest BCUT2D eigenvalue weighted by molar-refractivity contribution is 5.70. The first-order valence-corrected chi connectivity index (χ1v) is 11.9. The van der Waals surface area contributed by atoms with Gasteiger partial charge in [-0.15, -0.1) is 5.10 Å². The van der Waals surface area contributed by atoms with Gasteiger partial charge in [0.1, 0.15) is 17.5 Å². The largest absolute Gasteiger partial charge is 0.489 e. The molecule has 1 unspecified atom stereocenters. The molecule has 0 spiro atoms. The van der Waals surface area contributed by atoms with Crippen LogP contribution in [-0.2, 0) is 23.1 Å². The standard InChI is InChI=1S/C23H29N7O5/c1-13-18(34-15-6-3-5-14(11-15)22(31)32)9-8-16(25-13)20-17(30(2)29-27-20)12-24-23-26-21(35-28-23)19-7-4-10-33-19/h8-9,14-15,19H,3-7,10-12H2,1-2H3,(H,24,28)(H,31,32)/t14-,15-,19?/m0/s1. The van der Waals surface area contributed by atoms with Crippen molar-refractivity contribution >= 4 is 11.9 Å². The molecule has 1 aliphatic heterocycles. The topological polar surface area (TPSA) is 150 Å². The smallest absolute Gasteiger partial charge is 0.306 e. The molecule has 2 N–H and O–H groups in total. The van der Waals surface area contributed by atoms with Crippen molar-refractivity contribution in [2.24, 2.45) is 13.0 Å². The maximum atomic E-state index is 11.4. The van der Waals surface area contributed by atoms with Crippen molar-refractivity contribution in [2.45, 2.75) is 64.2 Å². The van der Waals surface area contributed by atoms with E-state index in [9.17, 15) is 9.90 Å². The minimum atomic E-state index is -0.754. The molecule has 1 aliphatic carbocycles. The molecule has 0 bridgehead atoms. The van der Waals surface area contributed by atoms with E-state index in [2.05, 4.69) is 25.8 Å². The lowest BCUT2D eigenvalue weighted by atomic mass is 9.87. The fraction of sp³-hybridized carbons (Fsp3) is 0.565. The van der Waals surface area contributed by atoms with Crippen LogP contribution in [0.1, 0.15) is 61.9 Å². The van der Waals surface area contributed by atoms with E-state index in [4.69, 9.17) is 19.0 Å². The first kappa shape index (κ1) is 23.2. The fourth-order valence-corrected chi connectivity index (χ4v) is 4.61. The Morgan fingerprint density at radius 1 is 1.26 bits per heavy atom. The van der Waals surface area contributed by atoms with Gasteiger partial charge < -0.3 is 24.4 Å². The van der Waals surface area contributed by atoms with Crippen LogP contribution < -0.4 is 10.1 Å². The number of carbonyl (C=O) groups is 1. The predicted octanol–water partition coefficient (Wildman–Crippen LogP) is 3.05. The molecular formula is C23H29N7O5. The molecule has 4 heterocycles. The molecule has 2 fully saturated rings. The van der Waals surface area contributed by atoms with Crippen LogP contribution in [0.3, 0.4) is 0 Å². The minimum absolute atomic E-state index is 0.123. The number of hydrogen-bond acceptors (Lipinski definition) is 10. The quantitative estimate of drug-likeness (QED) is 0.486. The van der Waals surface area contributed by atoms with Gasteiger partial charge in [-0.25, -0.2) is 9.67 Å². The SMILES string of the molecule is Cc1nc(-c2nnn(C)c2CNc2noc(C3CCCO3)n2)ccc1O[C@H]1CCC[C@H](C(=O)O)C1. The van der Waals surface area contributed by atoms with Crippen LogP contribution >= 0.6 is 0 Å². The van der Waals surface area contributed by atoms with Crippen molar-refractivity contribution in [3.63, 3.8) is 0 Å². The molecule has 12 heteroatoms. The summed E-state index contributed by atoms with van der Waals surface area (Å²) >= 11 is 0. The van der Waals surface area contributed by atoms with Crippen LogP contribution in [0.4, 0.5) is 5.95 Å². The fourth-order valence-electron chi connectivity index (χ4n) is 4.61. The molecule has 186 valence electrons. The van der Waals surface area contributed by atoms with Crippen LogP contribution in [0.15, 0.2) is 16.7 Å². The number of rotatable bonds is 8. The van der Waals surface area contributed by atoms with E-state index < -0.39 is 5.97 Å². The maximum absolute atomic E-state index is 11.4. The van der Waals surface area contributed by atoms with E-state index in [0.717, 1.165) is 31.4 Å². The number of nitrogens with zero attached hydrogens (tertiary/aromatic N) is 6. The van der Waals surface area contributed by atoms with Gasteiger partial charge in [-0.2, -0.15) is 4.98 Å². The second-order valence-corrected chi connectivity index (χ2v) is 9.04. The molecule has 0 amide bonds. The highest BCUT2D eigenvalue weighted by Gasteiger charge is 2.29. The number of hydrogen-bond donors (Lipinski definition) is 2. The molecule has 3 aromatic heterocycles. The third-order valence-electron chi connectivity index (χ3n) is 6.55. The highest BCUT2D eigenvalue weighted by Crippen LogP contribution is 2.31. The summed E-state index contributed by atoms with van der Waals surface area (Å²) in [5, 5.41) is 24.9. The van der Waals surface area contributed by atoms with Gasteiger partial charge >= 0.3 is 5.97 Å². The van der Waals surface area contributed by atoms with E-state index in [-0.39, 0.29) is 18.1 Å². The number of aryl methyl sites for hydroxylation is 2. The zero-order valence-electron chi connectivity index (χ0n) is 19.8. The Morgan fingerprint density at radius 3 is 2.91 bits per heavy atom. The normalized spacial score (nSPS) is 22.3. The lowest BCUT2D eigenvalue weighted by molar-refractivity contribution is -0.143. The average Bonchev–Trinajstić information content (AvgIpc) is 3.60. The number of carboxylic acids is 1. The predicted molar refractivity (Wildman–Crippen MR) is 123 cm³/mol. The van der Waals surface area contributed by atoms with Gasteiger partial charge in [0.15, 0.2) is 0 Å². The van der Waals surface area contributed by atoms with Gasteiger partial charge in [0, 0.05) is 13.7 Å². The van der Waals surface area contributed by atoms with Crippen LogP contribution in [0.2, 0.25) is 0 Å². The summed E-state index contributed by atoms with van der Waals surface area (Å²) in [6, 6.07) is 3.71. The summed E-state index contributed by atoms with van der Waals surface area (Å²) in [4.78, 5) is 20.4. The third kappa shape index (κ3) is 5.11. The number of nitrogens with one attached hydrogen (secondary N) is 1. The monoisotopic (exact) mass is 483 g/mol. The Hall–Kier alpha value is -3.54.